The van der Waals surface area contributed by atoms with Gasteiger partial charge in [0.1, 0.15) is 11.6 Å². The first-order valence-electron chi connectivity index (χ1n) is 9.24. The summed E-state index contributed by atoms with van der Waals surface area (Å²) in [5.74, 6) is 3.18. The number of hydrogen-bond donors (Lipinski definition) is 2. The number of halogens is 1. The number of morpholine rings is 1. The highest BCUT2D eigenvalue weighted by Crippen LogP contribution is 2.15. The highest BCUT2D eigenvalue weighted by Gasteiger charge is 2.17. The first kappa shape index (κ1) is 22.4. The van der Waals surface area contributed by atoms with Crippen LogP contribution in [0.1, 0.15) is 29.8 Å². The Hall–Kier alpha value is -1.88. The van der Waals surface area contributed by atoms with Crippen molar-refractivity contribution in [1.82, 2.24) is 20.6 Å². The number of aromatic nitrogens is 2. The minimum Gasteiger partial charge on any atom is -0.444 e. The van der Waals surface area contributed by atoms with E-state index in [0.717, 1.165) is 42.5 Å². The zero-order valence-electron chi connectivity index (χ0n) is 16.9. The van der Waals surface area contributed by atoms with E-state index in [1.807, 2.05) is 20.0 Å². The number of aryl methyl sites for hydroxylation is 2. The molecule has 1 saturated heterocycles. The fourth-order valence-electron chi connectivity index (χ4n) is 2.92. The molecule has 0 radical (unpaired) electrons. The molecule has 0 spiro atoms. The molecule has 0 saturated carbocycles. The number of oxazole rings is 1. The van der Waals surface area contributed by atoms with Crippen LogP contribution in [0.25, 0.3) is 0 Å². The molecule has 2 N–H and O–H groups in total. The number of nitrogens with one attached hydrogen (secondary N) is 2. The molecule has 3 rings (SSSR count). The second kappa shape index (κ2) is 10.6. The number of anilines is 1. The molecular weight excluding hydrogens is 471 g/mol. The number of ether oxygens (including phenoxy) is 1. The maximum atomic E-state index is 5.58. The van der Waals surface area contributed by atoms with Gasteiger partial charge in [-0.2, -0.15) is 0 Å². The Morgan fingerprint density at radius 2 is 2.07 bits per heavy atom. The summed E-state index contributed by atoms with van der Waals surface area (Å²) in [6.07, 6.45) is 2.14. The predicted octanol–water partition coefficient (Wildman–Crippen LogP) is 2.39. The molecule has 1 aliphatic heterocycles. The third kappa shape index (κ3) is 6.06. The van der Waals surface area contributed by atoms with Crippen LogP contribution in [0.15, 0.2) is 27.7 Å². The third-order valence-electron chi connectivity index (χ3n) is 4.54. The van der Waals surface area contributed by atoms with Gasteiger partial charge >= 0.3 is 0 Å². The van der Waals surface area contributed by atoms with Crippen molar-refractivity contribution in [2.24, 2.45) is 4.99 Å². The van der Waals surface area contributed by atoms with E-state index in [4.69, 9.17) is 9.15 Å². The van der Waals surface area contributed by atoms with Crippen molar-refractivity contribution in [2.75, 3.05) is 31.6 Å². The summed E-state index contributed by atoms with van der Waals surface area (Å²) in [6.45, 7) is 9.56. The lowest BCUT2D eigenvalue weighted by molar-refractivity contribution is 0.0529. The summed E-state index contributed by atoms with van der Waals surface area (Å²) >= 11 is 0. The van der Waals surface area contributed by atoms with Crippen LogP contribution >= 0.6 is 24.0 Å². The first-order valence-corrected chi connectivity index (χ1v) is 9.24. The summed E-state index contributed by atoms with van der Waals surface area (Å²) < 4.78 is 11.2. The van der Waals surface area contributed by atoms with Crippen LogP contribution in [-0.2, 0) is 17.8 Å². The number of hydrogen-bond acceptors (Lipinski definition) is 6. The molecule has 1 fully saturated rings. The van der Waals surface area contributed by atoms with Crippen molar-refractivity contribution in [3.63, 3.8) is 0 Å². The molecule has 0 amide bonds. The van der Waals surface area contributed by atoms with Crippen LogP contribution in [-0.4, -0.2) is 48.8 Å². The van der Waals surface area contributed by atoms with Gasteiger partial charge in [-0.05, 0) is 32.4 Å². The van der Waals surface area contributed by atoms with Gasteiger partial charge in [-0.1, -0.05) is 6.07 Å². The third-order valence-corrected chi connectivity index (χ3v) is 4.54. The summed E-state index contributed by atoms with van der Waals surface area (Å²) in [4.78, 5) is 15.4. The van der Waals surface area contributed by atoms with Gasteiger partial charge in [0.25, 0.3) is 0 Å². The van der Waals surface area contributed by atoms with E-state index < -0.39 is 0 Å². The molecular formula is C19H29IN6O2. The van der Waals surface area contributed by atoms with E-state index in [1.165, 1.54) is 0 Å². The number of nitrogens with zero attached hydrogens (tertiary/aromatic N) is 4. The molecule has 1 unspecified atom stereocenters. The van der Waals surface area contributed by atoms with Crippen LogP contribution in [0.5, 0.6) is 0 Å². The van der Waals surface area contributed by atoms with Gasteiger partial charge in [-0.25, -0.2) is 9.97 Å². The molecule has 2 aromatic heterocycles. The minimum absolute atomic E-state index is 0. The van der Waals surface area contributed by atoms with E-state index in [-0.39, 0.29) is 30.1 Å². The second-order valence-electron chi connectivity index (χ2n) is 6.68. The summed E-state index contributed by atoms with van der Waals surface area (Å²) in [6, 6.07) is 4.15. The number of rotatable bonds is 5. The summed E-state index contributed by atoms with van der Waals surface area (Å²) in [5.41, 5.74) is 2.00. The van der Waals surface area contributed by atoms with E-state index in [9.17, 15) is 0 Å². The molecule has 8 nitrogen and oxygen atoms in total. The first-order chi connectivity index (χ1) is 13.0. The second-order valence-corrected chi connectivity index (χ2v) is 6.68. The molecule has 0 bridgehead atoms. The number of pyridine rings is 1. The normalized spacial score (nSPS) is 17.2. The topological polar surface area (TPSA) is 87.8 Å². The molecule has 0 aliphatic carbocycles. The van der Waals surface area contributed by atoms with Gasteiger partial charge in [0.05, 0.1) is 24.9 Å². The van der Waals surface area contributed by atoms with Crippen LogP contribution in [0.3, 0.4) is 0 Å². The maximum absolute atomic E-state index is 5.58. The van der Waals surface area contributed by atoms with Crippen molar-refractivity contribution < 1.29 is 9.15 Å². The van der Waals surface area contributed by atoms with E-state index in [2.05, 4.69) is 49.6 Å². The zero-order valence-corrected chi connectivity index (χ0v) is 19.2. The molecule has 154 valence electrons. The van der Waals surface area contributed by atoms with Crippen molar-refractivity contribution in [2.45, 2.75) is 40.0 Å². The molecule has 2 aromatic rings. The Labute approximate surface area is 183 Å². The van der Waals surface area contributed by atoms with Crippen LogP contribution in [0, 0.1) is 13.8 Å². The van der Waals surface area contributed by atoms with Crippen LogP contribution in [0.4, 0.5) is 5.82 Å². The van der Waals surface area contributed by atoms with E-state index in [1.54, 1.807) is 7.05 Å². The van der Waals surface area contributed by atoms with Gasteiger partial charge < -0.3 is 24.7 Å². The van der Waals surface area contributed by atoms with Crippen molar-refractivity contribution >= 4 is 35.8 Å². The molecule has 28 heavy (non-hydrogen) atoms. The maximum Gasteiger partial charge on any atom is 0.214 e. The van der Waals surface area contributed by atoms with Gasteiger partial charge in [0, 0.05) is 32.9 Å². The summed E-state index contributed by atoms with van der Waals surface area (Å²) in [5, 5.41) is 6.48. The molecule has 1 aliphatic rings. The fraction of sp³-hybridized carbons (Fsp3) is 0.526. The lowest BCUT2D eigenvalue weighted by atomic mass is 10.2. The quantitative estimate of drug-likeness (QED) is 0.371. The predicted molar refractivity (Wildman–Crippen MR) is 120 cm³/mol. The number of guanidine groups is 1. The minimum atomic E-state index is 0. The average molecular weight is 500 g/mol. The van der Waals surface area contributed by atoms with Crippen molar-refractivity contribution in [3.8, 4) is 0 Å². The smallest absolute Gasteiger partial charge is 0.214 e. The lowest BCUT2D eigenvalue weighted by Gasteiger charge is -2.32. The Kier molecular flexibility index (Phi) is 8.49. The summed E-state index contributed by atoms with van der Waals surface area (Å²) in [7, 11) is 1.74. The molecule has 1 atom stereocenters. The molecule has 0 aromatic carbocycles. The molecule has 9 heteroatoms. The largest absolute Gasteiger partial charge is 0.444 e. The van der Waals surface area contributed by atoms with E-state index in [0.29, 0.717) is 24.9 Å². The van der Waals surface area contributed by atoms with Crippen molar-refractivity contribution in [1.29, 1.82) is 0 Å². The highest BCUT2D eigenvalue weighted by atomic mass is 127. The molecule has 3 heterocycles. The van der Waals surface area contributed by atoms with Crippen LogP contribution < -0.4 is 15.5 Å². The SMILES string of the molecule is CN=C(NCc1ccc(N2CCOC(C)C2)nc1)NCc1nc(C)c(C)o1.I. The Morgan fingerprint density at radius 1 is 1.29 bits per heavy atom. The number of aliphatic imine (C=N–C) groups is 1. The van der Waals surface area contributed by atoms with E-state index >= 15 is 0 Å². The highest BCUT2D eigenvalue weighted by molar-refractivity contribution is 14.0. The Balaban J connectivity index is 0.00000280. The Bertz CT molecular complexity index is 758. The fourth-order valence-corrected chi connectivity index (χ4v) is 2.92. The van der Waals surface area contributed by atoms with Crippen LogP contribution in [0.2, 0.25) is 0 Å². The lowest BCUT2D eigenvalue weighted by Crippen LogP contribution is -2.41. The van der Waals surface area contributed by atoms with Gasteiger partial charge in [0.15, 0.2) is 5.96 Å². The van der Waals surface area contributed by atoms with Gasteiger partial charge in [-0.15, -0.1) is 24.0 Å². The zero-order chi connectivity index (χ0) is 19.2. The Morgan fingerprint density at radius 3 is 2.68 bits per heavy atom. The average Bonchev–Trinajstić information content (AvgIpc) is 3.00. The van der Waals surface area contributed by atoms with Gasteiger partial charge in [0.2, 0.25) is 5.89 Å². The monoisotopic (exact) mass is 500 g/mol. The van der Waals surface area contributed by atoms with Gasteiger partial charge in [-0.3, -0.25) is 4.99 Å². The standard InChI is InChI=1S/C19H28N6O2.HI/c1-13-12-25(7-8-26-13)17-6-5-16(9-21-17)10-22-19(20-4)23-11-18-24-14(2)15(3)27-18;/h5-6,9,13H,7-8,10-12H2,1-4H3,(H2,20,22,23);1H. The van der Waals surface area contributed by atoms with Crippen molar-refractivity contribution in [3.05, 3.63) is 41.2 Å².